The predicted octanol–water partition coefficient (Wildman–Crippen LogP) is 5.40. The van der Waals surface area contributed by atoms with Crippen LogP contribution in [0.1, 0.15) is 24.8 Å². The summed E-state index contributed by atoms with van der Waals surface area (Å²) in [6.07, 6.45) is 12.9. The SMILES string of the molecule is CCC1=CC2=C(C=CC=CC2c2ccccc2)C1[SiH](C)C. The lowest BCUT2D eigenvalue weighted by molar-refractivity contribution is 1.00. The Labute approximate surface area is 130 Å². The van der Waals surface area contributed by atoms with Gasteiger partial charge in [0.25, 0.3) is 0 Å². The van der Waals surface area contributed by atoms with E-state index in [9.17, 15) is 0 Å². The fourth-order valence-corrected chi connectivity index (χ4v) is 5.93. The molecule has 0 nitrogen and oxygen atoms in total. The van der Waals surface area contributed by atoms with Gasteiger partial charge < -0.3 is 0 Å². The summed E-state index contributed by atoms with van der Waals surface area (Å²) < 4.78 is 0. The smallest absolute Gasteiger partial charge is 0.0439 e. The van der Waals surface area contributed by atoms with Crippen molar-refractivity contribution >= 4 is 8.80 Å². The van der Waals surface area contributed by atoms with Crippen molar-refractivity contribution < 1.29 is 0 Å². The van der Waals surface area contributed by atoms with E-state index in [1.165, 1.54) is 17.6 Å². The lowest BCUT2D eigenvalue weighted by atomic mass is 9.90. The van der Waals surface area contributed by atoms with Crippen molar-refractivity contribution in [1.82, 2.24) is 0 Å². The molecule has 2 aliphatic carbocycles. The average Bonchev–Trinajstić information content (AvgIpc) is 2.75. The third-order valence-corrected chi connectivity index (χ3v) is 6.79. The van der Waals surface area contributed by atoms with Crippen LogP contribution in [0.25, 0.3) is 0 Å². The molecule has 0 heterocycles. The first-order valence-corrected chi connectivity index (χ1v) is 11.0. The Hall–Kier alpha value is -1.60. The van der Waals surface area contributed by atoms with Gasteiger partial charge in [0.1, 0.15) is 0 Å². The second-order valence-electron chi connectivity index (χ2n) is 6.34. The van der Waals surface area contributed by atoms with Gasteiger partial charge >= 0.3 is 0 Å². The van der Waals surface area contributed by atoms with Crippen LogP contribution in [-0.4, -0.2) is 8.80 Å². The fraction of sp³-hybridized carbons (Fsp3) is 0.300. The molecule has 108 valence electrons. The molecule has 0 saturated carbocycles. The summed E-state index contributed by atoms with van der Waals surface area (Å²) in [5.74, 6) is 0.412. The van der Waals surface area contributed by atoms with Crippen molar-refractivity contribution in [3.63, 3.8) is 0 Å². The molecule has 1 heteroatoms. The number of rotatable bonds is 3. The maximum absolute atomic E-state index is 2.50. The lowest BCUT2D eigenvalue weighted by Gasteiger charge is -2.21. The summed E-state index contributed by atoms with van der Waals surface area (Å²) in [5.41, 5.74) is 6.92. The number of hydrogen-bond acceptors (Lipinski definition) is 0. The summed E-state index contributed by atoms with van der Waals surface area (Å²) in [7, 11) is -0.739. The first-order chi connectivity index (χ1) is 10.2. The summed E-state index contributed by atoms with van der Waals surface area (Å²) in [4.78, 5) is 0. The molecule has 21 heavy (non-hydrogen) atoms. The Bertz CT molecular complexity index is 629. The van der Waals surface area contributed by atoms with Crippen molar-refractivity contribution in [1.29, 1.82) is 0 Å². The second-order valence-corrected chi connectivity index (χ2v) is 9.49. The zero-order valence-corrected chi connectivity index (χ0v) is 14.4. The van der Waals surface area contributed by atoms with Gasteiger partial charge in [0, 0.05) is 14.7 Å². The molecule has 0 bridgehead atoms. The van der Waals surface area contributed by atoms with Gasteiger partial charge in [-0.3, -0.25) is 0 Å². The van der Waals surface area contributed by atoms with Crippen molar-refractivity contribution in [3.05, 3.63) is 83.0 Å². The molecule has 0 saturated heterocycles. The van der Waals surface area contributed by atoms with E-state index in [-0.39, 0.29) is 0 Å². The molecule has 0 amide bonds. The van der Waals surface area contributed by atoms with E-state index in [2.05, 4.69) is 80.7 Å². The first-order valence-electron chi connectivity index (χ1n) is 8.06. The highest BCUT2D eigenvalue weighted by Crippen LogP contribution is 2.47. The van der Waals surface area contributed by atoms with Crippen LogP contribution in [0.3, 0.4) is 0 Å². The molecule has 0 aliphatic heterocycles. The van der Waals surface area contributed by atoms with Gasteiger partial charge in [0.15, 0.2) is 0 Å². The highest BCUT2D eigenvalue weighted by molar-refractivity contribution is 6.59. The van der Waals surface area contributed by atoms with Gasteiger partial charge in [-0.05, 0) is 28.7 Å². The van der Waals surface area contributed by atoms with E-state index in [1.807, 2.05) is 0 Å². The normalized spacial score (nSPS) is 24.3. The minimum Gasteiger partial charge on any atom is -0.0726 e. The van der Waals surface area contributed by atoms with Crippen LogP contribution in [0.4, 0.5) is 0 Å². The first kappa shape index (κ1) is 14.3. The summed E-state index contributed by atoms with van der Waals surface area (Å²) in [5, 5.41) is 0. The van der Waals surface area contributed by atoms with E-state index in [1.54, 1.807) is 11.1 Å². The van der Waals surface area contributed by atoms with Gasteiger partial charge in [0.2, 0.25) is 0 Å². The van der Waals surface area contributed by atoms with Crippen LogP contribution >= 0.6 is 0 Å². The maximum atomic E-state index is 2.50. The molecular formula is C20H24Si. The second kappa shape index (κ2) is 6.03. The molecule has 0 aromatic heterocycles. The van der Waals surface area contributed by atoms with Crippen LogP contribution in [0.5, 0.6) is 0 Å². The van der Waals surface area contributed by atoms with Crippen LogP contribution in [-0.2, 0) is 0 Å². The summed E-state index contributed by atoms with van der Waals surface area (Å²) >= 11 is 0. The predicted molar refractivity (Wildman–Crippen MR) is 95.5 cm³/mol. The highest BCUT2D eigenvalue weighted by atomic mass is 28.3. The number of allylic oxidation sites excluding steroid dienone is 8. The van der Waals surface area contributed by atoms with Gasteiger partial charge in [-0.1, -0.05) is 86.3 Å². The Balaban J connectivity index is 2.09. The molecule has 0 radical (unpaired) electrons. The van der Waals surface area contributed by atoms with Crippen LogP contribution in [0.15, 0.2) is 77.4 Å². The molecule has 3 rings (SSSR count). The molecule has 0 N–H and O–H groups in total. The van der Waals surface area contributed by atoms with E-state index in [0.29, 0.717) is 5.92 Å². The molecule has 2 aliphatic rings. The van der Waals surface area contributed by atoms with Gasteiger partial charge in [-0.15, -0.1) is 0 Å². The molecule has 2 unspecified atom stereocenters. The third-order valence-electron chi connectivity index (χ3n) is 4.67. The molecule has 0 spiro atoms. The Morgan fingerprint density at radius 3 is 2.43 bits per heavy atom. The van der Waals surface area contributed by atoms with Gasteiger partial charge in [0.05, 0.1) is 0 Å². The maximum Gasteiger partial charge on any atom is 0.0439 e. The molecule has 1 aromatic carbocycles. The minimum absolute atomic E-state index is 0.412. The quantitative estimate of drug-likeness (QED) is 0.654. The topological polar surface area (TPSA) is 0 Å². The van der Waals surface area contributed by atoms with Crippen molar-refractivity contribution in [2.45, 2.75) is 37.9 Å². The van der Waals surface area contributed by atoms with Crippen molar-refractivity contribution in [3.8, 4) is 0 Å². The Morgan fingerprint density at radius 2 is 1.76 bits per heavy atom. The van der Waals surface area contributed by atoms with E-state index < -0.39 is 8.80 Å². The van der Waals surface area contributed by atoms with E-state index >= 15 is 0 Å². The zero-order chi connectivity index (χ0) is 14.8. The average molecular weight is 292 g/mol. The lowest BCUT2D eigenvalue weighted by Crippen LogP contribution is -2.14. The largest absolute Gasteiger partial charge is 0.0726 e. The number of hydrogen-bond donors (Lipinski definition) is 0. The Morgan fingerprint density at radius 1 is 1.00 bits per heavy atom. The molecule has 0 fully saturated rings. The van der Waals surface area contributed by atoms with Crippen molar-refractivity contribution in [2.75, 3.05) is 0 Å². The van der Waals surface area contributed by atoms with Crippen LogP contribution < -0.4 is 0 Å². The fourth-order valence-electron chi connectivity index (χ4n) is 3.72. The van der Waals surface area contributed by atoms with Gasteiger partial charge in [-0.2, -0.15) is 0 Å². The monoisotopic (exact) mass is 292 g/mol. The van der Waals surface area contributed by atoms with Crippen LogP contribution in [0.2, 0.25) is 18.6 Å². The highest BCUT2D eigenvalue weighted by Gasteiger charge is 2.31. The Kier molecular flexibility index (Phi) is 4.11. The summed E-state index contributed by atoms with van der Waals surface area (Å²) in [6, 6.07) is 10.9. The zero-order valence-electron chi connectivity index (χ0n) is 13.2. The van der Waals surface area contributed by atoms with Crippen molar-refractivity contribution in [2.24, 2.45) is 0 Å². The van der Waals surface area contributed by atoms with Gasteiger partial charge in [-0.25, -0.2) is 0 Å². The third kappa shape index (κ3) is 2.63. The van der Waals surface area contributed by atoms with Crippen LogP contribution in [0, 0.1) is 0 Å². The standard InChI is InChI=1S/C20H24Si/c1-4-15-14-19-17(16-10-6-5-7-11-16)12-8-9-13-18(19)20(15)21(2)3/h5-14,17,20-21H,4H2,1-3H3. The van der Waals surface area contributed by atoms with E-state index in [4.69, 9.17) is 0 Å². The minimum atomic E-state index is -0.739. The summed E-state index contributed by atoms with van der Waals surface area (Å²) in [6.45, 7) is 7.26. The molecule has 2 atom stereocenters. The molecule has 1 aromatic rings. The number of benzene rings is 1. The van der Waals surface area contributed by atoms with E-state index in [0.717, 1.165) is 5.54 Å². The molecular weight excluding hydrogens is 268 g/mol.